The summed E-state index contributed by atoms with van der Waals surface area (Å²) in [6, 6.07) is 5.61. The van der Waals surface area contributed by atoms with Gasteiger partial charge in [-0.25, -0.2) is 0 Å². The van der Waals surface area contributed by atoms with Gasteiger partial charge in [0.1, 0.15) is 12.6 Å². The number of aliphatic hydroxyl groups is 1. The van der Waals surface area contributed by atoms with Gasteiger partial charge in [-0.15, -0.1) is 18.3 Å². The number of aliphatic hydroxyl groups excluding tert-OH is 1. The number of hydrogen-bond donors (Lipinski definition) is 1. The molecule has 1 aromatic rings. The highest BCUT2D eigenvalue weighted by molar-refractivity contribution is 8.02. The van der Waals surface area contributed by atoms with Crippen molar-refractivity contribution < 1.29 is 24.2 Å². The van der Waals surface area contributed by atoms with E-state index in [1.165, 1.54) is 6.08 Å². The molecule has 9 heteroatoms. The van der Waals surface area contributed by atoms with Crippen LogP contribution in [0.4, 0.5) is 5.69 Å². The van der Waals surface area contributed by atoms with Gasteiger partial charge in [0.15, 0.2) is 0 Å². The Hall–Kier alpha value is -2.29. The standard InChI is InChI=1S/C28H35ClN2O5S/c1-5-13-30(19-9-7-18(29)8-10-19)26(34)24-28-12-11-21(37-28)22(27(35)36-14-6-2)23(28)25(33)31(24)20(16-32)15-17(3)4/h5-10,17,20-24,32H,1-2,11-16H2,3-4H3/t20-,21+,22-,23+,24?,28?/m1/s1. The van der Waals surface area contributed by atoms with Crippen LogP contribution < -0.4 is 4.90 Å². The molecule has 2 unspecified atom stereocenters. The number of amides is 2. The molecule has 1 aromatic carbocycles. The summed E-state index contributed by atoms with van der Waals surface area (Å²) in [6.45, 7) is 11.5. The number of rotatable bonds is 11. The molecule has 1 spiro atoms. The van der Waals surface area contributed by atoms with Crippen molar-refractivity contribution >= 4 is 46.8 Å². The van der Waals surface area contributed by atoms with Crippen molar-refractivity contribution in [2.75, 3.05) is 24.7 Å². The van der Waals surface area contributed by atoms with Gasteiger partial charge in [0.2, 0.25) is 5.91 Å². The molecule has 7 nitrogen and oxygen atoms in total. The first-order chi connectivity index (χ1) is 17.7. The first kappa shape index (κ1) is 27.7. The van der Waals surface area contributed by atoms with Crippen LogP contribution in [-0.4, -0.2) is 69.6 Å². The zero-order valence-electron chi connectivity index (χ0n) is 21.3. The summed E-state index contributed by atoms with van der Waals surface area (Å²) >= 11 is 7.68. The minimum atomic E-state index is -0.830. The van der Waals surface area contributed by atoms with E-state index < -0.39 is 34.6 Å². The highest BCUT2D eigenvalue weighted by atomic mass is 35.5. The Morgan fingerprint density at radius 3 is 2.59 bits per heavy atom. The molecule has 4 rings (SSSR count). The number of nitrogens with zero attached hydrogens (tertiary/aromatic N) is 2. The van der Waals surface area contributed by atoms with E-state index in [0.717, 1.165) is 6.42 Å². The summed E-state index contributed by atoms with van der Waals surface area (Å²) in [5, 5.41) is 10.9. The fourth-order valence-corrected chi connectivity index (χ4v) is 8.62. The number of benzene rings is 1. The van der Waals surface area contributed by atoms with Gasteiger partial charge in [0.25, 0.3) is 5.91 Å². The molecule has 0 aliphatic carbocycles. The van der Waals surface area contributed by atoms with E-state index in [1.54, 1.807) is 51.9 Å². The molecule has 3 saturated heterocycles. The van der Waals surface area contributed by atoms with E-state index >= 15 is 0 Å². The maximum atomic E-state index is 14.5. The van der Waals surface area contributed by atoms with Crippen molar-refractivity contribution in [3.63, 3.8) is 0 Å². The third kappa shape index (κ3) is 4.84. The zero-order chi connectivity index (χ0) is 26.9. The quantitative estimate of drug-likeness (QED) is 0.332. The molecule has 2 amide bonds. The molecular formula is C28H35ClN2O5S. The van der Waals surface area contributed by atoms with Crippen molar-refractivity contribution in [1.82, 2.24) is 4.90 Å². The normalized spacial score (nSPS) is 28.8. The van der Waals surface area contributed by atoms with Crippen molar-refractivity contribution in [3.8, 4) is 0 Å². The molecular weight excluding hydrogens is 512 g/mol. The number of thioether (sulfide) groups is 1. The number of likely N-dealkylation sites (tertiary alicyclic amines) is 1. The van der Waals surface area contributed by atoms with Gasteiger partial charge in [0, 0.05) is 22.5 Å². The Balaban J connectivity index is 1.80. The number of anilines is 1. The van der Waals surface area contributed by atoms with Crippen LogP contribution in [0.25, 0.3) is 0 Å². The summed E-state index contributed by atoms with van der Waals surface area (Å²) in [5.74, 6) is -2.03. The smallest absolute Gasteiger partial charge is 0.311 e. The van der Waals surface area contributed by atoms with E-state index in [2.05, 4.69) is 13.2 Å². The van der Waals surface area contributed by atoms with Crippen LogP contribution in [0.1, 0.15) is 33.1 Å². The molecule has 0 saturated carbocycles. The number of ether oxygens (including phenoxy) is 1. The second-order valence-corrected chi connectivity index (χ2v) is 12.4. The number of fused-ring (bicyclic) bond motifs is 1. The molecule has 6 atom stereocenters. The molecule has 3 heterocycles. The lowest BCUT2D eigenvalue weighted by atomic mass is 9.71. The molecule has 2 bridgehead atoms. The Morgan fingerprint density at radius 2 is 2.00 bits per heavy atom. The maximum absolute atomic E-state index is 14.5. The number of esters is 1. The summed E-state index contributed by atoms with van der Waals surface area (Å²) in [6.07, 6.45) is 5.05. The van der Waals surface area contributed by atoms with Gasteiger partial charge in [-0.05, 0) is 49.4 Å². The molecule has 3 fully saturated rings. The van der Waals surface area contributed by atoms with Crippen molar-refractivity contribution in [2.24, 2.45) is 17.8 Å². The first-order valence-corrected chi connectivity index (χ1v) is 14.0. The molecule has 3 aliphatic rings. The van der Waals surface area contributed by atoms with Crippen molar-refractivity contribution in [3.05, 3.63) is 54.6 Å². The summed E-state index contributed by atoms with van der Waals surface area (Å²) in [4.78, 5) is 45.0. The SMILES string of the molecule is C=CCOC(=O)[C@@H]1[C@@H]2CCC3(S2)C(C(=O)N(CC=C)c2ccc(Cl)cc2)N([C@@H](CO)CC(C)C)C(=O)[C@H]13. The average Bonchev–Trinajstić information content (AvgIpc) is 3.52. The van der Waals surface area contributed by atoms with Gasteiger partial charge < -0.3 is 19.6 Å². The van der Waals surface area contributed by atoms with E-state index in [4.69, 9.17) is 16.3 Å². The molecule has 0 aromatic heterocycles. The lowest BCUT2D eigenvalue weighted by Gasteiger charge is -2.40. The predicted octanol–water partition coefficient (Wildman–Crippen LogP) is 4.09. The fraction of sp³-hybridized carbons (Fsp3) is 0.536. The van der Waals surface area contributed by atoms with Gasteiger partial charge in [-0.2, -0.15) is 0 Å². The molecule has 0 radical (unpaired) electrons. The van der Waals surface area contributed by atoms with Crippen molar-refractivity contribution in [2.45, 2.75) is 55.2 Å². The fourth-order valence-electron chi connectivity index (χ4n) is 6.31. The minimum Gasteiger partial charge on any atom is -0.461 e. The molecule has 37 heavy (non-hydrogen) atoms. The topological polar surface area (TPSA) is 87.2 Å². The van der Waals surface area contributed by atoms with Crippen LogP contribution in [0.3, 0.4) is 0 Å². The number of hydrogen-bond acceptors (Lipinski definition) is 6. The Labute approximate surface area is 227 Å². The van der Waals surface area contributed by atoms with Crippen LogP contribution in [0.2, 0.25) is 5.02 Å². The third-order valence-electron chi connectivity index (χ3n) is 7.65. The van der Waals surface area contributed by atoms with Crippen LogP contribution in [0.15, 0.2) is 49.6 Å². The summed E-state index contributed by atoms with van der Waals surface area (Å²) in [5.41, 5.74) is 0.644. The summed E-state index contributed by atoms with van der Waals surface area (Å²) < 4.78 is 4.65. The first-order valence-electron chi connectivity index (χ1n) is 12.8. The van der Waals surface area contributed by atoms with E-state index in [1.807, 2.05) is 13.8 Å². The Bertz CT molecular complexity index is 1060. The maximum Gasteiger partial charge on any atom is 0.311 e. The average molecular weight is 547 g/mol. The third-order valence-corrected chi connectivity index (χ3v) is 9.85. The largest absolute Gasteiger partial charge is 0.461 e. The lowest BCUT2D eigenvalue weighted by Crippen LogP contribution is -2.57. The van der Waals surface area contributed by atoms with Gasteiger partial charge in [-0.1, -0.05) is 44.2 Å². The van der Waals surface area contributed by atoms with Crippen LogP contribution >= 0.6 is 23.4 Å². The second kappa shape index (κ2) is 11.2. The number of carbonyl (C=O) groups is 3. The monoisotopic (exact) mass is 546 g/mol. The molecule has 3 aliphatic heterocycles. The molecule has 200 valence electrons. The van der Waals surface area contributed by atoms with E-state index in [-0.39, 0.29) is 42.7 Å². The van der Waals surface area contributed by atoms with E-state index in [9.17, 15) is 19.5 Å². The number of halogens is 1. The van der Waals surface area contributed by atoms with Gasteiger partial charge >= 0.3 is 5.97 Å². The zero-order valence-corrected chi connectivity index (χ0v) is 22.9. The minimum absolute atomic E-state index is 0.0724. The highest BCUT2D eigenvalue weighted by Crippen LogP contribution is 2.67. The van der Waals surface area contributed by atoms with Gasteiger partial charge in [-0.3, -0.25) is 14.4 Å². The van der Waals surface area contributed by atoms with E-state index in [0.29, 0.717) is 23.6 Å². The Morgan fingerprint density at radius 1 is 1.30 bits per heavy atom. The van der Waals surface area contributed by atoms with Gasteiger partial charge in [0.05, 0.1) is 29.2 Å². The number of carbonyl (C=O) groups excluding carboxylic acids is 3. The van der Waals surface area contributed by atoms with Crippen LogP contribution in [0, 0.1) is 17.8 Å². The Kier molecular flexibility index (Phi) is 8.41. The predicted molar refractivity (Wildman–Crippen MR) is 146 cm³/mol. The van der Waals surface area contributed by atoms with Crippen LogP contribution in [0.5, 0.6) is 0 Å². The summed E-state index contributed by atoms with van der Waals surface area (Å²) in [7, 11) is 0. The lowest BCUT2D eigenvalue weighted by molar-refractivity contribution is -0.153. The molecule has 1 N–H and O–H groups in total. The van der Waals surface area contributed by atoms with Crippen LogP contribution in [-0.2, 0) is 19.1 Å². The van der Waals surface area contributed by atoms with Crippen molar-refractivity contribution in [1.29, 1.82) is 0 Å². The highest BCUT2D eigenvalue weighted by Gasteiger charge is 2.74. The second-order valence-electron chi connectivity index (χ2n) is 10.4.